The molecule has 0 heterocycles. The van der Waals surface area contributed by atoms with Crippen molar-refractivity contribution in [2.45, 2.75) is 20.0 Å². The number of benzene rings is 1. The van der Waals surface area contributed by atoms with Crippen molar-refractivity contribution in [2.75, 3.05) is 6.61 Å². The molecule has 1 atom stereocenters. The van der Waals surface area contributed by atoms with Crippen LogP contribution in [0.4, 0.5) is 4.79 Å². The van der Waals surface area contributed by atoms with E-state index >= 15 is 0 Å². The third kappa shape index (κ3) is 4.92. The number of imide groups is 1. The first-order chi connectivity index (χ1) is 9.85. The Hall–Kier alpha value is -2.35. The highest BCUT2D eigenvalue weighted by Crippen LogP contribution is 2.29. The fraction of sp³-hybridized carbons (Fsp3) is 0.308. The zero-order valence-electron chi connectivity index (χ0n) is 11.7. The van der Waals surface area contributed by atoms with Crippen LogP contribution in [0.15, 0.2) is 18.2 Å². The van der Waals surface area contributed by atoms with E-state index in [9.17, 15) is 9.59 Å². The van der Waals surface area contributed by atoms with E-state index in [0.29, 0.717) is 23.7 Å². The average molecular weight is 311 g/mol. The van der Waals surface area contributed by atoms with Crippen molar-refractivity contribution in [2.24, 2.45) is 11.5 Å². The predicted octanol–water partition coefficient (Wildman–Crippen LogP) is 0.682. The molecule has 8 heteroatoms. The maximum atomic E-state index is 11.6. The summed E-state index contributed by atoms with van der Waals surface area (Å²) in [6.45, 7) is 3.69. The number of nitrogens with one attached hydrogen (secondary N) is 1. The third-order valence-corrected chi connectivity index (χ3v) is 2.68. The zero-order chi connectivity index (χ0) is 16.0. The fourth-order valence-corrected chi connectivity index (χ4v) is 1.62. The molecule has 21 heavy (non-hydrogen) atoms. The number of hydrogen-bond acceptors (Lipinski definition) is 5. The number of amides is 3. The molecule has 0 saturated heterocycles. The van der Waals surface area contributed by atoms with Crippen LogP contribution in [0.1, 0.15) is 19.4 Å². The summed E-state index contributed by atoms with van der Waals surface area (Å²) in [5.41, 5.74) is 11.0. The Morgan fingerprint density at radius 2 is 2.00 bits per heavy atom. The summed E-state index contributed by atoms with van der Waals surface area (Å²) >= 11 is 4.89. The molecule has 0 aliphatic rings. The van der Waals surface area contributed by atoms with Crippen LogP contribution in [0.25, 0.3) is 0 Å². The second kappa shape index (κ2) is 7.44. The van der Waals surface area contributed by atoms with Gasteiger partial charge in [-0.3, -0.25) is 10.1 Å². The van der Waals surface area contributed by atoms with E-state index in [1.165, 1.54) is 6.92 Å². The number of hydrogen-bond donors (Lipinski definition) is 3. The van der Waals surface area contributed by atoms with Crippen molar-refractivity contribution >= 4 is 29.1 Å². The molecule has 3 amide bonds. The number of thiocarbonyl (C=S) groups is 1. The van der Waals surface area contributed by atoms with Crippen LogP contribution in [-0.2, 0) is 4.79 Å². The van der Waals surface area contributed by atoms with Crippen LogP contribution < -0.4 is 26.3 Å². The topological polar surface area (TPSA) is 117 Å². The van der Waals surface area contributed by atoms with Crippen molar-refractivity contribution in [1.29, 1.82) is 0 Å². The van der Waals surface area contributed by atoms with Crippen molar-refractivity contribution in [3.63, 3.8) is 0 Å². The second-order valence-corrected chi connectivity index (χ2v) is 4.51. The highest BCUT2D eigenvalue weighted by Gasteiger charge is 2.18. The van der Waals surface area contributed by atoms with Gasteiger partial charge in [0.2, 0.25) is 0 Å². The summed E-state index contributed by atoms with van der Waals surface area (Å²) in [5.74, 6) is 0.0915. The summed E-state index contributed by atoms with van der Waals surface area (Å²) in [5, 5.41) is 1.94. The largest absolute Gasteiger partial charge is 0.490 e. The summed E-state index contributed by atoms with van der Waals surface area (Å²) in [6.07, 6.45) is -0.924. The normalized spacial score (nSPS) is 11.3. The number of carbonyl (C=O) groups excluding carboxylic acids is 2. The Kier molecular flexibility index (Phi) is 5.92. The van der Waals surface area contributed by atoms with E-state index in [-0.39, 0.29) is 4.99 Å². The van der Waals surface area contributed by atoms with Crippen LogP contribution in [0.5, 0.6) is 11.5 Å². The Morgan fingerprint density at radius 1 is 1.33 bits per heavy atom. The van der Waals surface area contributed by atoms with Gasteiger partial charge in [-0.15, -0.1) is 0 Å². The first-order valence-corrected chi connectivity index (χ1v) is 6.59. The maximum Gasteiger partial charge on any atom is 0.318 e. The predicted molar refractivity (Wildman–Crippen MR) is 81.3 cm³/mol. The van der Waals surface area contributed by atoms with Crippen molar-refractivity contribution in [3.05, 3.63) is 23.8 Å². The highest BCUT2D eigenvalue weighted by atomic mass is 32.1. The monoisotopic (exact) mass is 311 g/mol. The van der Waals surface area contributed by atoms with E-state index in [1.54, 1.807) is 25.1 Å². The molecule has 0 aliphatic heterocycles. The number of ether oxygens (including phenoxy) is 2. The molecule has 1 unspecified atom stereocenters. The molecule has 0 spiro atoms. The molecule has 1 aromatic carbocycles. The minimum absolute atomic E-state index is 0.224. The van der Waals surface area contributed by atoms with Gasteiger partial charge in [0, 0.05) is 5.56 Å². The van der Waals surface area contributed by atoms with Gasteiger partial charge in [0.25, 0.3) is 5.91 Å². The smallest absolute Gasteiger partial charge is 0.318 e. The van der Waals surface area contributed by atoms with Gasteiger partial charge in [-0.05, 0) is 32.0 Å². The number of carbonyl (C=O) groups is 2. The van der Waals surface area contributed by atoms with Gasteiger partial charge < -0.3 is 20.9 Å². The molecular formula is C13H17N3O4S. The highest BCUT2D eigenvalue weighted by molar-refractivity contribution is 7.80. The van der Waals surface area contributed by atoms with E-state index in [1.807, 2.05) is 5.32 Å². The first kappa shape index (κ1) is 16.7. The van der Waals surface area contributed by atoms with Crippen LogP contribution in [0.3, 0.4) is 0 Å². The average Bonchev–Trinajstić information content (AvgIpc) is 2.39. The summed E-state index contributed by atoms with van der Waals surface area (Å²) in [7, 11) is 0. The van der Waals surface area contributed by atoms with Crippen molar-refractivity contribution in [1.82, 2.24) is 5.32 Å². The Balaban J connectivity index is 2.93. The molecule has 0 bridgehead atoms. The van der Waals surface area contributed by atoms with Gasteiger partial charge in [-0.25, -0.2) is 4.79 Å². The molecule has 0 aromatic heterocycles. The Morgan fingerprint density at radius 3 is 2.52 bits per heavy atom. The maximum absolute atomic E-state index is 11.6. The van der Waals surface area contributed by atoms with Gasteiger partial charge in [0.05, 0.1) is 6.61 Å². The second-order valence-electron chi connectivity index (χ2n) is 4.07. The lowest BCUT2D eigenvalue weighted by Crippen LogP contribution is -2.42. The number of nitrogens with two attached hydrogens (primary N) is 2. The minimum atomic E-state index is -0.940. The van der Waals surface area contributed by atoms with E-state index in [2.05, 4.69) is 0 Å². The van der Waals surface area contributed by atoms with Gasteiger partial charge in [-0.2, -0.15) is 0 Å². The molecule has 0 fully saturated rings. The van der Waals surface area contributed by atoms with Crippen molar-refractivity contribution < 1.29 is 19.1 Å². The molecular weight excluding hydrogens is 294 g/mol. The molecule has 1 aromatic rings. The lowest BCUT2D eigenvalue weighted by atomic mass is 10.2. The Bertz CT molecular complexity index is 562. The third-order valence-electron chi connectivity index (χ3n) is 2.45. The van der Waals surface area contributed by atoms with Gasteiger partial charge in [-0.1, -0.05) is 12.2 Å². The SMILES string of the molecule is CCOc1cc(C(N)=S)ccc1OC(C)C(=O)NC(N)=O. The summed E-state index contributed by atoms with van der Waals surface area (Å²) in [4.78, 5) is 22.4. The van der Waals surface area contributed by atoms with E-state index in [0.717, 1.165) is 0 Å². The molecule has 1 rings (SSSR count). The molecule has 0 saturated carbocycles. The lowest BCUT2D eigenvalue weighted by Gasteiger charge is -2.17. The Labute approximate surface area is 127 Å². The van der Waals surface area contributed by atoms with Gasteiger partial charge >= 0.3 is 6.03 Å². The van der Waals surface area contributed by atoms with Crippen LogP contribution >= 0.6 is 12.2 Å². The molecule has 114 valence electrons. The first-order valence-electron chi connectivity index (χ1n) is 6.18. The molecule has 0 aliphatic carbocycles. The summed E-state index contributed by atoms with van der Waals surface area (Å²) < 4.78 is 10.9. The van der Waals surface area contributed by atoms with Crippen LogP contribution in [0.2, 0.25) is 0 Å². The molecule has 5 N–H and O–H groups in total. The van der Waals surface area contributed by atoms with Crippen LogP contribution in [-0.4, -0.2) is 29.6 Å². The standard InChI is InChI=1S/C13H17N3O4S/c1-3-19-10-6-8(11(14)21)4-5-9(10)20-7(2)12(17)16-13(15)18/h4-7H,3H2,1-2H3,(H2,14,21)(H3,15,16,17,18). The molecule has 0 radical (unpaired) electrons. The zero-order valence-corrected chi connectivity index (χ0v) is 12.5. The van der Waals surface area contributed by atoms with Gasteiger partial charge in [0.15, 0.2) is 17.6 Å². The number of urea groups is 1. The van der Waals surface area contributed by atoms with Crippen molar-refractivity contribution in [3.8, 4) is 11.5 Å². The van der Waals surface area contributed by atoms with E-state index < -0.39 is 18.0 Å². The number of primary amides is 1. The fourth-order valence-electron chi connectivity index (χ4n) is 1.49. The minimum Gasteiger partial charge on any atom is -0.490 e. The lowest BCUT2D eigenvalue weighted by molar-refractivity contribution is -0.126. The number of rotatable bonds is 6. The quantitative estimate of drug-likeness (QED) is 0.665. The van der Waals surface area contributed by atoms with Gasteiger partial charge in [0.1, 0.15) is 4.99 Å². The molecule has 7 nitrogen and oxygen atoms in total. The van der Waals surface area contributed by atoms with Crippen LogP contribution in [0, 0.1) is 0 Å². The summed E-state index contributed by atoms with van der Waals surface area (Å²) in [6, 6.07) is 3.93. The van der Waals surface area contributed by atoms with E-state index in [4.69, 9.17) is 33.2 Å².